The number of nitrogens with zero attached hydrogens (tertiary/aromatic N) is 1. The molecule has 0 spiro atoms. The van der Waals surface area contributed by atoms with E-state index >= 15 is 0 Å². The topological polar surface area (TPSA) is 50.8 Å². The molecule has 0 saturated carbocycles. The number of hydrogen-bond acceptors (Lipinski definition) is 4. The van der Waals surface area contributed by atoms with E-state index < -0.39 is 0 Å². The van der Waals surface area contributed by atoms with Gasteiger partial charge < -0.3 is 19.7 Å². The van der Waals surface area contributed by atoms with Crippen molar-refractivity contribution < 1.29 is 14.3 Å². The number of carbonyl (C=O) groups is 1. The van der Waals surface area contributed by atoms with Gasteiger partial charge in [0.05, 0.1) is 20.3 Å². The van der Waals surface area contributed by atoms with Crippen molar-refractivity contribution >= 4 is 5.91 Å². The van der Waals surface area contributed by atoms with E-state index in [-0.39, 0.29) is 5.91 Å². The lowest BCUT2D eigenvalue weighted by atomic mass is 10.2. The van der Waals surface area contributed by atoms with Crippen LogP contribution in [0.1, 0.15) is 12.5 Å². The van der Waals surface area contributed by atoms with Gasteiger partial charge in [0.1, 0.15) is 5.75 Å². The number of ether oxygens (including phenoxy) is 2. The quantitative estimate of drug-likeness (QED) is 0.692. The summed E-state index contributed by atoms with van der Waals surface area (Å²) in [6.07, 6.45) is 0. The molecule has 0 heterocycles. The van der Waals surface area contributed by atoms with Crippen LogP contribution in [0.15, 0.2) is 24.3 Å². The minimum Gasteiger partial charge on any atom is -0.497 e. The molecule has 0 aliphatic carbocycles. The Balaban J connectivity index is 2.46. The molecule has 5 heteroatoms. The lowest BCUT2D eigenvalue weighted by Crippen LogP contribution is -2.38. The van der Waals surface area contributed by atoms with Crippen molar-refractivity contribution in [2.75, 3.05) is 40.5 Å². The fourth-order valence-corrected chi connectivity index (χ4v) is 1.81. The number of methoxy groups -OCH3 is 2. The maximum Gasteiger partial charge on any atom is 0.236 e. The van der Waals surface area contributed by atoms with Crippen LogP contribution in [0, 0.1) is 0 Å². The van der Waals surface area contributed by atoms with Crippen molar-refractivity contribution in [2.45, 2.75) is 13.5 Å². The summed E-state index contributed by atoms with van der Waals surface area (Å²) in [5.74, 6) is 0.920. The molecule has 0 radical (unpaired) electrons. The van der Waals surface area contributed by atoms with E-state index in [0.29, 0.717) is 32.8 Å². The second kappa shape index (κ2) is 9.34. The van der Waals surface area contributed by atoms with Gasteiger partial charge >= 0.3 is 0 Å². The summed E-state index contributed by atoms with van der Waals surface area (Å²) in [6.45, 7) is 4.92. The van der Waals surface area contributed by atoms with Crippen molar-refractivity contribution in [3.05, 3.63) is 29.8 Å². The molecule has 1 aromatic rings. The Kier molecular flexibility index (Phi) is 7.69. The van der Waals surface area contributed by atoms with Gasteiger partial charge in [0.25, 0.3) is 0 Å². The Morgan fingerprint density at radius 1 is 1.25 bits per heavy atom. The molecule has 0 saturated heterocycles. The summed E-state index contributed by atoms with van der Waals surface area (Å²) in [7, 11) is 3.29. The molecule has 0 aliphatic rings. The van der Waals surface area contributed by atoms with Gasteiger partial charge in [-0.25, -0.2) is 0 Å². The Bertz CT molecular complexity index is 393. The van der Waals surface area contributed by atoms with Gasteiger partial charge in [-0.1, -0.05) is 12.1 Å². The van der Waals surface area contributed by atoms with Gasteiger partial charge in [0, 0.05) is 26.7 Å². The highest BCUT2D eigenvalue weighted by Gasteiger charge is 2.11. The largest absolute Gasteiger partial charge is 0.497 e. The molecule has 0 bridgehead atoms. The first kappa shape index (κ1) is 16.5. The summed E-state index contributed by atoms with van der Waals surface area (Å²) in [6, 6.07) is 7.77. The fourth-order valence-electron chi connectivity index (χ4n) is 1.81. The van der Waals surface area contributed by atoms with Gasteiger partial charge in [-0.3, -0.25) is 4.79 Å². The van der Waals surface area contributed by atoms with Gasteiger partial charge in [-0.15, -0.1) is 0 Å². The number of carbonyl (C=O) groups excluding carboxylic acids is 1. The smallest absolute Gasteiger partial charge is 0.236 e. The molecule has 0 aliphatic heterocycles. The van der Waals surface area contributed by atoms with Crippen LogP contribution in [0.25, 0.3) is 0 Å². The summed E-state index contributed by atoms with van der Waals surface area (Å²) in [5, 5.41) is 3.07. The molecule has 1 rings (SSSR count). The van der Waals surface area contributed by atoms with Crippen molar-refractivity contribution in [3.8, 4) is 5.75 Å². The predicted octanol–water partition coefficient (Wildman–Crippen LogP) is 1.28. The van der Waals surface area contributed by atoms with E-state index in [1.807, 2.05) is 36.1 Å². The highest BCUT2D eigenvalue weighted by atomic mass is 16.5. The highest BCUT2D eigenvalue weighted by molar-refractivity contribution is 5.78. The third-order valence-electron chi connectivity index (χ3n) is 3.03. The standard InChI is InChI=1S/C15H24N2O3/c1-4-17(15(18)11-16-9-10-19-2)12-13-5-7-14(20-3)8-6-13/h5-8,16H,4,9-12H2,1-3H3. The highest BCUT2D eigenvalue weighted by Crippen LogP contribution is 2.12. The van der Waals surface area contributed by atoms with E-state index in [4.69, 9.17) is 9.47 Å². The average Bonchev–Trinajstić information content (AvgIpc) is 2.49. The molecule has 112 valence electrons. The zero-order valence-electron chi connectivity index (χ0n) is 12.5. The van der Waals surface area contributed by atoms with E-state index in [1.54, 1.807) is 14.2 Å². The molecule has 1 aromatic carbocycles. The lowest BCUT2D eigenvalue weighted by molar-refractivity contribution is -0.130. The Labute approximate surface area is 120 Å². The molecule has 1 amide bonds. The molecular weight excluding hydrogens is 256 g/mol. The van der Waals surface area contributed by atoms with Crippen LogP contribution in [-0.4, -0.2) is 51.3 Å². The van der Waals surface area contributed by atoms with Crippen LogP contribution in [-0.2, 0) is 16.1 Å². The summed E-state index contributed by atoms with van der Waals surface area (Å²) in [4.78, 5) is 13.9. The van der Waals surface area contributed by atoms with Crippen molar-refractivity contribution in [3.63, 3.8) is 0 Å². The molecule has 5 nitrogen and oxygen atoms in total. The van der Waals surface area contributed by atoms with E-state index in [2.05, 4.69) is 5.32 Å². The second-order valence-corrected chi connectivity index (χ2v) is 4.43. The molecule has 0 aromatic heterocycles. The summed E-state index contributed by atoms with van der Waals surface area (Å²) < 4.78 is 10.1. The maximum absolute atomic E-state index is 12.1. The molecule has 0 atom stereocenters. The van der Waals surface area contributed by atoms with Crippen LogP contribution in [0.2, 0.25) is 0 Å². The van der Waals surface area contributed by atoms with Gasteiger partial charge in [-0.05, 0) is 24.6 Å². The summed E-state index contributed by atoms with van der Waals surface area (Å²) in [5.41, 5.74) is 1.10. The first-order valence-electron chi connectivity index (χ1n) is 6.81. The van der Waals surface area contributed by atoms with Gasteiger partial charge in [0.2, 0.25) is 5.91 Å². The third-order valence-corrected chi connectivity index (χ3v) is 3.03. The first-order chi connectivity index (χ1) is 9.71. The van der Waals surface area contributed by atoms with E-state index in [1.165, 1.54) is 0 Å². The average molecular weight is 280 g/mol. The predicted molar refractivity (Wildman–Crippen MR) is 78.8 cm³/mol. The molecule has 0 fully saturated rings. The second-order valence-electron chi connectivity index (χ2n) is 4.43. The first-order valence-corrected chi connectivity index (χ1v) is 6.81. The number of benzene rings is 1. The van der Waals surface area contributed by atoms with Crippen LogP contribution < -0.4 is 10.1 Å². The molecular formula is C15H24N2O3. The van der Waals surface area contributed by atoms with Gasteiger partial charge in [-0.2, -0.15) is 0 Å². The maximum atomic E-state index is 12.1. The minimum absolute atomic E-state index is 0.0967. The van der Waals surface area contributed by atoms with E-state index in [9.17, 15) is 4.79 Å². The number of likely N-dealkylation sites (N-methyl/N-ethyl adjacent to an activating group) is 1. The Hall–Kier alpha value is -1.59. The van der Waals surface area contributed by atoms with Crippen molar-refractivity contribution in [2.24, 2.45) is 0 Å². The van der Waals surface area contributed by atoms with Crippen LogP contribution in [0.3, 0.4) is 0 Å². The van der Waals surface area contributed by atoms with Gasteiger partial charge in [0.15, 0.2) is 0 Å². The van der Waals surface area contributed by atoms with Crippen LogP contribution in [0.4, 0.5) is 0 Å². The van der Waals surface area contributed by atoms with Crippen LogP contribution in [0.5, 0.6) is 5.75 Å². The van der Waals surface area contributed by atoms with Crippen LogP contribution >= 0.6 is 0 Å². The minimum atomic E-state index is 0.0967. The fraction of sp³-hybridized carbons (Fsp3) is 0.533. The summed E-state index contributed by atoms with van der Waals surface area (Å²) >= 11 is 0. The third kappa shape index (κ3) is 5.59. The Morgan fingerprint density at radius 3 is 2.50 bits per heavy atom. The monoisotopic (exact) mass is 280 g/mol. The zero-order valence-corrected chi connectivity index (χ0v) is 12.5. The number of hydrogen-bond donors (Lipinski definition) is 1. The molecule has 20 heavy (non-hydrogen) atoms. The molecule has 1 N–H and O–H groups in total. The zero-order chi connectivity index (χ0) is 14.8. The Morgan fingerprint density at radius 2 is 1.95 bits per heavy atom. The molecule has 0 unspecified atom stereocenters. The normalized spacial score (nSPS) is 10.3. The number of rotatable bonds is 9. The van der Waals surface area contributed by atoms with E-state index in [0.717, 1.165) is 11.3 Å². The number of amides is 1. The van der Waals surface area contributed by atoms with Crippen molar-refractivity contribution in [1.29, 1.82) is 0 Å². The van der Waals surface area contributed by atoms with Crippen molar-refractivity contribution in [1.82, 2.24) is 10.2 Å². The number of nitrogens with one attached hydrogen (secondary N) is 1. The SMILES string of the molecule is CCN(Cc1ccc(OC)cc1)C(=O)CNCCOC. The lowest BCUT2D eigenvalue weighted by Gasteiger charge is -2.21.